The lowest BCUT2D eigenvalue weighted by atomic mass is 10.1. The highest BCUT2D eigenvalue weighted by Gasteiger charge is 2.20. The van der Waals surface area contributed by atoms with Crippen LogP contribution < -0.4 is 5.32 Å². The van der Waals surface area contributed by atoms with Gasteiger partial charge in [-0.05, 0) is 36.8 Å². The number of aromatic nitrogens is 3. The van der Waals surface area contributed by atoms with E-state index in [2.05, 4.69) is 15.5 Å². The van der Waals surface area contributed by atoms with E-state index in [1.807, 2.05) is 61.5 Å². The predicted molar refractivity (Wildman–Crippen MR) is 126 cm³/mol. The highest BCUT2D eigenvalue weighted by Crippen LogP contribution is 2.29. The number of rotatable bonds is 7. The lowest BCUT2D eigenvalue weighted by Gasteiger charge is -2.11. The SMILES string of the molecule is Cc1ccc(-n2c(SCC(=O)NC(=O)Cc3ccccc3)nnc2-c2ccccc2F)cc1. The molecule has 0 aliphatic heterocycles. The van der Waals surface area contributed by atoms with Gasteiger partial charge in [0.2, 0.25) is 11.8 Å². The molecule has 0 aliphatic rings. The Morgan fingerprint density at radius 2 is 1.61 bits per heavy atom. The van der Waals surface area contributed by atoms with Crippen LogP contribution in [0.3, 0.4) is 0 Å². The molecular formula is C25H21FN4O2S. The summed E-state index contributed by atoms with van der Waals surface area (Å²) in [5.41, 5.74) is 2.95. The highest BCUT2D eigenvalue weighted by molar-refractivity contribution is 7.99. The molecule has 0 aliphatic carbocycles. The molecule has 1 aromatic heterocycles. The second kappa shape index (κ2) is 10.2. The van der Waals surface area contributed by atoms with Crippen molar-refractivity contribution in [2.45, 2.75) is 18.5 Å². The predicted octanol–water partition coefficient (Wildman–Crippen LogP) is 4.36. The molecule has 0 radical (unpaired) electrons. The molecule has 0 atom stereocenters. The van der Waals surface area contributed by atoms with Gasteiger partial charge in [-0.25, -0.2) is 4.39 Å². The smallest absolute Gasteiger partial charge is 0.237 e. The highest BCUT2D eigenvalue weighted by atomic mass is 32.2. The molecule has 2 amide bonds. The van der Waals surface area contributed by atoms with Crippen LogP contribution in [0.15, 0.2) is 84.0 Å². The van der Waals surface area contributed by atoms with E-state index < -0.39 is 11.7 Å². The number of nitrogens with one attached hydrogen (secondary N) is 1. The summed E-state index contributed by atoms with van der Waals surface area (Å²) in [5, 5.41) is 11.2. The first-order valence-corrected chi connectivity index (χ1v) is 11.3. The number of hydrogen-bond donors (Lipinski definition) is 1. The number of halogens is 1. The normalized spacial score (nSPS) is 10.7. The van der Waals surface area contributed by atoms with Crippen LogP contribution in [-0.4, -0.2) is 32.3 Å². The van der Waals surface area contributed by atoms with Gasteiger partial charge in [0, 0.05) is 5.69 Å². The van der Waals surface area contributed by atoms with E-state index in [0.717, 1.165) is 28.6 Å². The molecular weight excluding hydrogens is 439 g/mol. The molecule has 8 heteroatoms. The Bertz CT molecular complexity index is 1270. The zero-order valence-electron chi connectivity index (χ0n) is 17.9. The topological polar surface area (TPSA) is 76.9 Å². The van der Waals surface area contributed by atoms with Gasteiger partial charge in [-0.2, -0.15) is 0 Å². The van der Waals surface area contributed by atoms with E-state index in [-0.39, 0.29) is 18.1 Å². The van der Waals surface area contributed by atoms with E-state index in [0.29, 0.717) is 16.5 Å². The molecule has 0 saturated carbocycles. The first kappa shape index (κ1) is 22.4. The summed E-state index contributed by atoms with van der Waals surface area (Å²) < 4.78 is 16.2. The molecule has 0 spiro atoms. The standard InChI is InChI=1S/C25H21FN4O2S/c1-17-11-13-19(14-12-17)30-24(20-9-5-6-10-21(20)26)28-29-25(30)33-16-23(32)27-22(31)15-18-7-3-2-4-8-18/h2-14H,15-16H2,1H3,(H,27,31,32). The number of thioether (sulfide) groups is 1. The van der Waals surface area contributed by atoms with E-state index >= 15 is 0 Å². The fraction of sp³-hybridized carbons (Fsp3) is 0.120. The number of benzene rings is 3. The number of imide groups is 1. The molecule has 1 N–H and O–H groups in total. The van der Waals surface area contributed by atoms with Gasteiger partial charge in [-0.3, -0.25) is 19.5 Å². The molecule has 6 nitrogen and oxygen atoms in total. The Hall–Kier alpha value is -3.78. The van der Waals surface area contributed by atoms with Crippen LogP contribution in [0.4, 0.5) is 4.39 Å². The maximum Gasteiger partial charge on any atom is 0.237 e. The van der Waals surface area contributed by atoms with Crippen LogP contribution >= 0.6 is 11.8 Å². The second-order valence-electron chi connectivity index (χ2n) is 7.38. The molecule has 166 valence electrons. The minimum absolute atomic E-state index is 0.0399. The summed E-state index contributed by atoms with van der Waals surface area (Å²) >= 11 is 1.13. The van der Waals surface area contributed by atoms with Gasteiger partial charge in [0.15, 0.2) is 11.0 Å². The van der Waals surface area contributed by atoms with Crippen LogP contribution in [0.25, 0.3) is 17.1 Å². The molecule has 0 unspecified atom stereocenters. The second-order valence-corrected chi connectivity index (χ2v) is 8.32. The van der Waals surface area contributed by atoms with Gasteiger partial charge < -0.3 is 0 Å². The van der Waals surface area contributed by atoms with Crippen molar-refractivity contribution in [1.82, 2.24) is 20.1 Å². The number of hydrogen-bond acceptors (Lipinski definition) is 5. The summed E-state index contributed by atoms with van der Waals surface area (Å²) in [5.74, 6) is -0.938. The summed E-state index contributed by atoms with van der Waals surface area (Å²) in [7, 11) is 0. The zero-order valence-corrected chi connectivity index (χ0v) is 18.7. The fourth-order valence-corrected chi connectivity index (χ4v) is 4.01. The minimum atomic E-state index is -0.438. The van der Waals surface area contributed by atoms with Gasteiger partial charge in [-0.15, -0.1) is 10.2 Å². The third-order valence-corrected chi connectivity index (χ3v) is 5.79. The Kier molecular flexibility index (Phi) is 6.95. The first-order valence-electron chi connectivity index (χ1n) is 10.3. The fourth-order valence-electron chi connectivity index (χ4n) is 3.25. The average molecular weight is 461 g/mol. The summed E-state index contributed by atoms with van der Waals surface area (Å²) in [6, 6.07) is 23.2. The third kappa shape index (κ3) is 5.53. The Balaban J connectivity index is 1.53. The van der Waals surface area contributed by atoms with Crippen molar-refractivity contribution in [3.8, 4) is 17.1 Å². The number of carbonyl (C=O) groups is 2. The van der Waals surface area contributed by atoms with Crippen LogP contribution in [0.5, 0.6) is 0 Å². The van der Waals surface area contributed by atoms with Gasteiger partial charge in [-0.1, -0.05) is 71.9 Å². The van der Waals surface area contributed by atoms with Gasteiger partial charge in [0.25, 0.3) is 0 Å². The summed E-state index contributed by atoms with van der Waals surface area (Å²) in [6.45, 7) is 1.97. The van der Waals surface area contributed by atoms with Gasteiger partial charge >= 0.3 is 0 Å². The zero-order chi connectivity index (χ0) is 23.2. The first-order chi connectivity index (χ1) is 16.0. The number of carbonyl (C=O) groups excluding carboxylic acids is 2. The molecule has 1 heterocycles. The number of amides is 2. The van der Waals surface area contributed by atoms with E-state index in [9.17, 15) is 14.0 Å². The third-order valence-electron chi connectivity index (χ3n) is 4.86. The summed E-state index contributed by atoms with van der Waals surface area (Å²) in [4.78, 5) is 24.5. The number of aryl methyl sites for hydroxylation is 1. The Morgan fingerprint density at radius 1 is 0.909 bits per heavy atom. The maximum atomic E-state index is 14.5. The van der Waals surface area contributed by atoms with Crippen molar-refractivity contribution in [3.05, 3.63) is 95.8 Å². The minimum Gasteiger partial charge on any atom is -0.295 e. The lowest BCUT2D eigenvalue weighted by Crippen LogP contribution is -2.33. The summed E-state index contributed by atoms with van der Waals surface area (Å²) in [6.07, 6.45) is 0.119. The maximum absolute atomic E-state index is 14.5. The van der Waals surface area contributed by atoms with Crippen molar-refractivity contribution in [3.63, 3.8) is 0 Å². The van der Waals surface area contributed by atoms with Crippen molar-refractivity contribution >= 4 is 23.6 Å². The largest absolute Gasteiger partial charge is 0.295 e. The van der Waals surface area contributed by atoms with Gasteiger partial charge in [0.05, 0.1) is 17.7 Å². The van der Waals surface area contributed by atoms with Gasteiger partial charge in [0.1, 0.15) is 5.82 Å². The molecule has 0 saturated heterocycles. The van der Waals surface area contributed by atoms with Crippen LogP contribution in [0, 0.1) is 12.7 Å². The average Bonchev–Trinajstić information content (AvgIpc) is 3.23. The molecule has 4 rings (SSSR count). The Labute approximate surface area is 194 Å². The van der Waals surface area contributed by atoms with Crippen molar-refractivity contribution < 1.29 is 14.0 Å². The van der Waals surface area contributed by atoms with Crippen molar-refractivity contribution in [2.75, 3.05) is 5.75 Å². The van der Waals surface area contributed by atoms with Crippen molar-refractivity contribution in [2.24, 2.45) is 0 Å². The molecule has 3 aromatic carbocycles. The number of nitrogens with zero attached hydrogens (tertiary/aromatic N) is 3. The monoisotopic (exact) mass is 460 g/mol. The molecule has 0 fully saturated rings. The quantitative estimate of drug-likeness (QED) is 0.415. The molecule has 0 bridgehead atoms. The van der Waals surface area contributed by atoms with Crippen LogP contribution in [0.1, 0.15) is 11.1 Å². The van der Waals surface area contributed by atoms with E-state index in [1.54, 1.807) is 22.8 Å². The van der Waals surface area contributed by atoms with E-state index in [4.69, 9.17) is 0 Å². The molecule has 33 heavy (non-hydrogen) atoms. The Morgan fingerprint density at radius 3 is 2.33 bits per heavy atom. The van der Waals surface area contributed by atoms with Crippen LogP contribution in [-0.2, 0) is 16.0 Å². The molecule has 4 aromatic rings. The van der Waals surface area contributed by atoms with E-state index in [1.165, 1.54) is 6.07 Å². The van der Waals surface area contributed by atoms with Crippen molar-refractivity contribution in [1.29, 1.82) is 0 Å². The van der Waals surface area contributed by atoms with Crippen LogP contribution in [0.2, 0.25) is 0 Å². The lowest BCUT2D eigenvalue weighted by molar-refractivity contribution is -0.128.